The van der Waals surface area contributed by atoms with Gasteiger partial charge in [-0.3, -0.25) is 4.90 Å². The summed E-state index contributed by atoms with van der Waals surface area (Å²) >= 11 is 0. The Morgan fingerprint density at radius 2 is 1.26 bits per heavy atom. The zero-order valence-electron chi connectivity index (χ0n) is 30.1. The fraction of sp³-hybridized carbons (Fsp3) is 0.273. The third-order valence-corrected chi connectivity index (χ3v) is 9.57. The minimum absolute atomic E-state index is 0.00329. The summed E-state index contributed by atoms with van der Waals surface area (Å²) in [6, 6.07) is 44.2. The highest BCUT2D eigenvalue weighted by Gasteiger charge is 2.39. The topological polar surface area (TPSA) is 109 Å². The summed E-state index contributed by atoms with van der Waals surface area (Å²) in [5.74, 6) is -0.523. The lowest BCUT2D eigenvalue weighted by Gasteiger charge is -2.43. The number of urea groups is 1. The van der Waals surface area contributed by atoms with Gasteiger partial charge in [0.2, 0.25) is 0 Å². The quantitative estimate of drug-likeness (QED) is 0.102. The lowest BCUT2D eigenvalue weighted by molar-refractivity contribution is -0.276. The summed E-state index contributed by atoms with van der Waals surface area (Å²) < 4.78 is 18.5. The molecule has 1 fully saturated rings. The molecule has 5 aromatic carbocycles. The average molecular weight is 714 g/mol. The maximum atomic E-state index is 13.0. The van der Waals surface area contributed by atoms with Crippen LogP contribution in [-0.4, -0.2) is 47.8 Å². The summed E-state index contributed by atoms with van der Waals surface area (Å²) in [4.78, 5) is 27.9. The molecule has 5 atom stereocenters. The number of anilines is 1. The van der Waals surface area contributed by atoms with Gasteiger partial charge in [-0.2, -0.15) is 0 Å². The fourth-order valence-corrected chi connectivity index (χ4v) is 6.69. The van der Waals surface area contributed by atoms with Crippen LogP contribution in [0, 0.1) is 5.92 Å². The molecule has 1 heterocycles. The average Bonchev–Trinajstić information content (AvgIpc) is 3.19. The SMILES string of the molecule is COC(=O)C(Cc1ccccc1)NC(=O)Nc1ccc(C2OC(CN(Cc3ccccc3)Cc3ccccc3)C(C)C(c3ccc(CO)cc3)O2)cc1. The Hall–Kier alpha value is -5.32. The molecule has 0 spiro atoms. The highest BCUT2D eigenvalue weighted by atomic mass is 16.7. The Morgan fingerprint density at radius 3 is 1.81 bits per heavy atom. The standard InChI is InChI=1S/C44H47N3O6/c1-31-40(29-47(27-33-14-8-4-9-15-33)28-34-16-10-5-11-17-34)52-43(53-41(31)36-20-18-35(30-48)19-21-36)37-22-24-38(25-23-37)45-44(50)46-39(42(49)51-2)26-32-12-6-3-7-13-32/h3-25,31,39-41,43,48H,26-30H2,1-2H3,(H2,45,46,50). The maximum Gasteiger partial charge on any atom is 0.328 e. The van der Waals surface area contributed by atoms with Crippen LogP contribution in [0.5, 0.6) is 0 Å². The second-order valence-corrected chi connectivity index (χ2v) is 13.4. The number of ether oxygens (including phenoxy) is 3. The maximum absolute atomic E-state index is 13.0. The molecule has 1 aliphatic rings. The van der Waals surface area contributed by atoms with E-state index in [9.17, 15) is 14.7 Å². The molecule has 0 aliphatic carbocycles. The van der Waals surface area contributed by atoms with Gasteiger partial charge in [-0.25, -0.2) is 9.59 Å². The Labute approximate surface area is 311 Å². The van der Waals surface area contributed by atoms with Crippen molar-refractivity contribution in [2.24, 2.45) is 5.92 Å². The summed E-state index contributed by atoms with van der Waals surface area (Å²) in [7, 11) is 1.30. The third-order valence-electron chi connectivity index (χ3n) is 9.57. The number of rotatable bonds is 14. The van der Waals surface area contributed by atoms with Crippen LogP contribution in [0.2, 0.25) is 0 Å². The number of carbonyl (C=O) groups excluding carboxylic acids is 2. The number of carbonyl (C=O) groups is 2. The molecule has 9 nitrogen and oxygen atoms in total. The van der Waals surface area contributed by atoms with Crippen molar-refractivity contribution in [3.05, 3.63) is 173 Å². The Balaban J connectivity index is 1.20. The second-order valence-electron chi connectivity index (χ2n) is 13.4. The van der Waals surface area contributed by atoms with E-state index in [4.69, 9.17) is 14.2 Å². The predicted octanol–water partition coefficient (Wildman–Crippen LogP) is 7.58. The number of benzene rings is 5. The summed E-state index contributed by atoms with van der Waals surface area (Å²) in [6.07, 6.45) is -0.836. The smallest absolute Gasteiger partial charge is 0.328 e. The minimum atomic E-state index is -0.851. The summed E-state index contributed by atoms with van der Waals surface area (Å²) in [6.45, 7) is 4.32. The van der Waals surface area contributed by atoms with Crippen LogP contribution in [0.15, 0.2) is 140 Å². The van der Waals surface area contributed by atoms with Gasteiger partial charge in [-0.05, 0) is 39.9 Å². The molecule has 9 heteroatoms. The highest BCUT2D eigenvalue weighted by molar-refractivity contribution is 5.92. The van der Waals surface area contributed by atoms with Gasteiger partial charge in [0.25, 0.3) is 0 Å². The first-order valence-corrected chi connectivity index (χ1v) is 18.0. The van der Waals surface area contributed by atoms with Crippen molar-refractivity contribution in [3.63, 3.8) is 0 Å². The number of esters is 1. The van der Waals surface area contributed by atoms with Gasteiger partial charge in [0.15, 0.2) is 6.29 Å². The number of amides is 2. The predicted molar refractivity (Wildman–Crippen MR) is 205 cm³/mol. The first-order valence-electron chi connectivity index (χ1n) is 18.0. The fourth-order valence-electron chi connectivity index (χ4n) is 6.69. The normalized spacial score (nSPS) is 18.9. The molecule has 1 aliphatic heterocycles. The van der Waals surface area contributed by atoms with Gasteiger partial charge in [-0.1, -0.05) is 134 Å². The highest BCUT2D eigenvalue weighted by Crippen LogP contribution is 2.42. The van der Waals surface area contributed by atoms with Crippen molar-refractivity contribution in [2.75, 3.05) is 19.0 Å². The van der Waals surface area contributed by atoms with Crippen LogP contribution < -0.4 is 10.6 Å². The molecule has 0 radical (unpaired) electrons. The molecular formula is C44H47N3O6. The molecule has 0 bridgehead atoms. The zero-order chi connectivity index (χ0) is 37.0. The van der Waals surface area contributed by atoms with Crippen LogP contribution in [0.4, 0.5) is 10.5 Å². The van der Waals surface area contributed by atoms with Gasteiger partial charge in [0, 0.05) is 43.2 Å². The lowest BCUT2D eigenvalue weighted by Crippen LogP contribution is -2.45. The van der Waals surface area contributed by atoms with E-state index in [-0.39, 0.29) is 24.7 Å². The summed E-state index contributed by atoms with van der Waals surface area (Å²) in [5, 5.41) is 15.3. The van der Waals surface area contributed by atoms with Gasteiger partial charge in [0.1, 0.15) is 6.04 Å². The van der Waals surface area contributed by atoms with Crippen molar-refractivity contribution >= 4 is 17.7 Å². The number of hydrogen-bond donors (Lipinski definition) is 3. The van der Waals surface area contributed by atoms with Crippen molar-refractivity contribution in [2.45, 2.75) is 57.6 Å². The Kier molecular flexibility index (Phi) is 13.0. The summed E-state index contributed by atoms with van der Waals surface area (Å²) in [5.41, 5.74) is 6.54. The van der Waals surface area contributed by atoms with E-state index in [1.807, 2.05) is 78.9 Å². The molecular weight excluding hydrogens is 666 g/mol. The van der Waals surface area contributed by atoms with Crippen molar-refractivity contribution in [1.82, 2.24) is 10.2 Å². The van der Waals surface area contributed by atoms with Gasteiger partial charge >= 0.3 is 12.0 Å². The number of methoxy groups -OCH3 is 1. The first-order chi connectivity index (χ1) is 25.9. The minimum Gasteiger partial charge on any atom is -0.467 e. The van der Waals surface area contributed by atoms with E-state index in [2.05, 4.69) is 71.0 Å². The van der Waals surface area contributed by atoms with E-state index >= 15 is 0 Å². The molecule has 3 N–H and O–H groups in total. The van der Waals surface area contributed by atoms with Crippen LogP contribution in [-0.2, 0) is 45.1 Å². The van der Waals surface area contributed by atoms with Crippen LogP contribution in [0.1, 0.15) is 52.7 Å². The molecule has 6 rings (SSSR count). The number of nitrogens with one attached hydrogen (secondary N) is 2. The lowest BCUT2D eigenvalue weighted by atomic mass is 9.89. The van der Waals surface area contributed by atoms with E-state index < -0.39 is 24.3 Å². The van der Waals surface area contributed by atoms with E-state index in [1.165, 1.54) is 18.2 Å². The molecule has 53 heavy (non-hydrogen) atoms. The van der Waals surface area contributed by atoms with Crippen LogP contribution in [0.3, 0.4) is 0 Å². The van der Waals surface area contributed by atoms with Crippen molar-refractivity contribution in [1.29, 1.82) is 0 Å². The van der Waals surface area contributed by atoms with E-state index in [0.717, 1.165) is 35.3 Å². The molecule has 5 unspecified atom stereocenters. The number of hydrogen-bond acceptors (Lipinski definition) is 7. The largest absolute Gasteiger partial charge is 0.467 e. The Bertz CT molecular complexity index is 1830. The zero-order valence-corrected chi connectivity index (χ0v) is 30.1. The molecule has 5 aromatic rings. The molecule has 274 valence electrons. The van der Waals surface area contributed by atoms with Crippen LogP contribution in [0.25, 0.3) is 0 Å². The van der Waals surface area contributed by atoms with Gasteiger partial charge < -0.3 is 30.0 Å². The third kappa shape index (κ3) is 10.4. The van der Waals surface area contributed by atoms with Crippen molar-refractivity contribution in [3.8, 4) is 0 Å². The van der Waals surface area contributed by atoms with E-state index in [0.29, 0.717) is 18.7 Å². The van der Waals surface area contributed by atoms with E-state index in [1.54, 1.807) is 12.1 Å². The Morgan fingerprint density at radius 1 is 0.717 bits per heavy atom. The van der Waals surface area contributed by atoms with Crippen molar-refractivity contribution < 1.29 is 28.9 Å². The van der Waals surface area contributed by atoms with Crippen LogP contribution >= 0.6 is 0 Å². The van der Waals surface area contributed by atoms with Gasteiger partial charge in [-0.15, -0.1) is 0 Å². The first kappa shape index (κ1) is 37.4. The van der Waals surface area contributed by atoms with Gasteiger partial charge in [0.05, 0.1) is 25.9 Å². The molecule has 0 saturated carbocycles. The molecule has 1 saturated heterocycles. The number of aliphatic hydroxyl groups is 1. The monoisotopic (exact) mass is 713 g/mol. The number of aliphatic hydroxyl groups excluding tert-OH is 1. The number of nitrogens with zero attached hydrogens (tertiary/aromatic N) is 1. The molecule has 2 amide bonds. The molecule has 0 aromatic heterocycles. The second kappa shape index (κ2) is 18.4.